The standard InChI is InChI=1S/C15H16Cl2N4O/c1-2-3-4-18-14-15-19-7-9(8-22)21(15)13-6-11(17)10(16)5-12(13)20-14/h5-7,22H,2-4,8H2,1H3,(H,18,20). The van der Waals surface area contributed by atoms with Crippen LogP contribution in [-0.2, 0) is 6.61 Å². The number of hydrogen-bond acceptors (Lipinski definition) is 4. The summed E-state index contributed by atoms with van der Waals surface area (Å²) in [6, 6.07) is 3.47. The summed E-state index contributed by atoms with van der Waals surface area (Å²) in [5.41, 5.74) is 2.82. The highest BCUT2D eigenvalue weighted by Gasteiger charge is 2.14. The molecule has 7 heteroatoms. The van der Waals surface area contributed by atoms with Crippen LogP contribution >= 0.6 is 23.2 Å². The largest absolute Gasteiger partial charge is 0.390 e. The summed E-state index contributed by atoms with van der Waals surface area (Å²) in [5.74, 6) is 0.680. The molecule has 22 heavy (non-hydrogen) atoms. The predicted octanol–water partition coefficient (Wildman–Crippen LogP) is 3.89. The highest BCUT2D eigenvalue weighted by atomic mass is 35.5. The van der Waals surface area contributed by atoms with E-state index in [4.69, 9.17) is 23.2 Å². The average Bonchev–Trinajstić information content (AvgIpc) is 2.94. The van der Waals surface area contributed by atoms with Gasteiger partial charge < -0.3 is 10.4 Å². The molecular formula is C15H16Cl2N4O. The Labute approximate surface area is 137 Å². The van der Waals surface area contributed by atoms with E-state index in [0.29, 0.717) is 32.7 Å². The molecule has 0 amide bonds. The Hall–Kier alpha value is -1.56. The summed E-state index contributed by atoms with van der Waals surface area (Å²) >= 11 is 12.2. The van der Waals surface area contributed by atoms with Gasteiger partial charge in [0.25, 0.3) is 0 Å². The number of imidazole rings is 1. The van der Waals surface area contributed by atoms with Gasteiger partial charge >= 0.3 is 0 Å². The van der Waals surface area contributed by atoms with Crippen LogP contribution in [-0.4, -0.2) is 26.0 Å². The lowest BCUT2D eigenvalue weighted by Crippen LogP contribution is -2.07. The molecule has 2 aromatic heterocycles. The zero-order valence-corrected chi connectivity index (χ0v) is 13.6. The van der Waals surface area contributed by atoms with E-state index >= 15 is 0 Å². The number of anilines is 1. The number of hydrogen-bond donors (Lipinski definition) is 2. The maximum Gasteiger partial charge on any atom is 0.180 e. The van der Waals surface area contributed by atoms with Crippen molar-refractivity contribution in [3.8, 4) is 0 Å². The van der Waals surface area contributed by atoms with Crippen molar-refractivity contribution in [1.82, 2.24) is 14.4 Å². The fourth-order valence-electron chi connectivity index (χ4n) is 2.40. The van der Waals surface area contributed by atoms with Gasteiger partial charge in [0.2, 0.25) is 0 Å². The number of nitrogens with zero attached hydrogens (tertiary/aromatic N) is 3. The second-order valence-electron chi connectivity index (χ2n) is 5.06. The number of aliphatic hydroxyl groups is 1. The van der Waals surface area contributed by atoms with E-state index in [2.05, 4.69) is 22.2 Å². The van der Waals surface area contributed by atoms with E-state index < -0.39 is 0 Å². The molecule has 1 aromatic carbocycles. The van der Waals surface area contributed by atoms with Gasteiger partial charge in [-0.25, -0.2) is 9.97 Å². The third-order valence-corrected chi connectivity index (χ3v) is 4.24. The molecule has 0 atom stereocenters. The molecule has 0 saturated carbocycles. The predicted molar refractivity (Wildman–Crippen MR) is 89.8 cm³/mol. The first kappa shape index (κ1) is 15.3. The van der Waals surface area contributed by atoms with Crippen LogP contribution in [0.3, 0.4) is 0 Å². The van der Waals surface area contributed by atoms with Crippen LogP contribution in [0.5, 0.6) is 0 Å². The number of rotatable bonds is 5. The molecule has 3 rings (SSSR count). The third-order valence-electron chi connectivity index (χ3n) is 3.52. The van der Waals surface area contributed by atoms with E-state index in [1.807, 2.05) is 4.40 Å². The molecule has 0 aliphatic carbocycles. The van der Waals surface area contributed by atoms with E-state index in [1.54, 1.807) is 18.3 Å². The van der Waals surface area contributed by atoms with Gasteiger partial charge in [-0.1, -0.05) is 36.5 Å². The Kier molecular flexibility index (Phi) is 4.38. The van der Waals surface area contributed by atoms with Crippen molar-refractivity contribution in [2.75, 3.05) is 11.9 Å². The molecule has 0 unspecified atom stereocenters. The Morgan fingerprint density at radius 1 is 1.27 bits per heavy atom. The minimum absolute atomic E-state index is 0.116. The lowest BCUT2D eigenvalue weighted by Gasteiger charge is -2.11. The topological polar surface area (TPSA) is 62.5 Å². The van der Waals surface area contributed by atoms with Crippen molar-refractivity contribution in [1.29, 1.82) is 0 Å². The molecule has 2 heterocycles. The highest BCUT2D eigenvalue weighted by molar-refractivity contribution is 6.42. The summed E-state index contributed by atoms with van der Waals surface area (Å²) in [6.07, 6.45) is 3.78. The molecule has 0 aliphatic rings. The lowest BCUT2D eigenvalue weighted by molar-refractivity contribution is 0.276. The van der Waals surface area contributed by atoms with Gasteiger partial charge in [0.05, 0.1) is 39.6 Å². The summed E-state index contributed by atoms with van der Waals surface area (Å²) in [6.45, 7) is 2.83. The molecular weight excluding hydrogens is 323 g/mol. The SMILES string of the molecule is CCCCNc1nc2cc(Cl)c(Cl)cc2n2c(CO)cnc12. The monoisotopic (exact) mass is 338 g/mol. The quantitative estimate of drug-likeness (QED) is 0.692. The van der Waals surface area contributed by atoms with Gasteiger partial charge in [0, 0.05) is 6.54 Å². The maximum atomic E-state index is 9.55. The molecule has 0 radical (unpaired) electrons. The molecule has 0 spiro atoms. The number of halogens is 2. The molecule has 0 aliphatic heterocycles. The zero-order valence-electron chi connectivity index (χ0n) is 12.1. The van der Waals surface area contributed by atoms with Gasteiger partial charge in [-0.2, -0.15) is 0 Å². The minimum Gasteiger partial charge on any atom is -0.390 e. The van der Waals surface area contributed by atoms with Crippen molar-refractivity contribution < 1.29 is 5.11 Å². The summed E-state index contributed by atoms with van der Waals surface area (Å²) in [5, 5.41) is 13.7. The maximum absolute atomic E-state index is 9.55. The first-order valence-corrected chi connectivity index (χ1v) is 7.91. The molecule has 5 nitrogen and oxygen atoms in total. The average molecular weight is 339 g/mol. The number of benzene rings is 1. The number of fused-ring (bicyclic) bond motifs is 3. The Morgan fingerprint density at radius 2 is 2.05 bits per heavy atom. The molecule has 0 fully saturated rings. The lowest BCUT2D eigenvalue weighted by atomic mass is 10.3. The van der Waals surface area contributed by atoms with Gasteiger partial charge in [0.1, 0.15) is 0 Å². The normalized spacial score (nSPS) is 11.5. The van der Waals surface area contributed by atoms with Crippen molar-refractivity contribution in [2.24, 2.45) is 0 Å². The number of unbranched alkanes of at least 4 members (excludes halogenated alkanes) is 1. The van der Waals surface area contributed by atoms with Crippen molar-refractivity contribution in [3.63, 3.8) is 0 Å². The van der Waals surface area contributed by atoms with Crippen molar-refractivity contribution >= 4 is 45.7 Å². The molecule has 0 saturated heterocycles. The van der Waals surface area contributed by atoms with E-state index in [1.165, 1.54) is 0 Å². The number of aromatic nitrogens is 3. The Bertz CT molecular complexity index is 831. The highest BCUT2D eigenvalue weighted by Crippen LogP contribution is 2.30. The summed E-state index contributed by atoms with van der Waals surface area (Å²) in [4.78, 5) is 8.98. The van der Waals surface area contributed by atoms with Crippen LogP contribution in [0.4, 0.5) is 5.82 Å². The first-order valence-electron chi connectivity index (χ1n) is 7.15. The number of nitrogens with one attached hydrogen (secondary N) is 1. The smallest absolute Gasteiger partial charge is 0.180 e. The Morgan fingerprint density at radius 3 is 2.77 bits per heavy atom. The Balaban J connectivity index is 2.26. The van der Waals surface area contributed by atoms with Crippen LogP contribution in [0.15, 0.2) is 18.3 Å². The van der Waals surface area contributed by atoms with E-state index in [0.717, 1.165) is 24.9 Å². The fraction of sp³-hybridized carbons (Fsp3) is 0.333. The van der Waals surface area contributed by atoms with E-state index in [-0.39, 0.29) is 6.61 Å². The zero-order chi connectivity index (χ0) is 15.7. The van der Waals surface area contributed by atoms with Crippen LogP contribution < -0.4 is 5.32 Å². The van der Waals surface area contributed by atoms with Crippen LogP contribution in [0, 0.1) is 0 Å². The summed E-state index contributed by atoms with van der Waals surface area (Å²) in [7, 11) is 0. The summed E-state index contributed by atoms with van der Waals surface area (Å²) < 4.78 is 1.86. The molecule has 2 N–H and O–H groups in total. The van der Waals surface area contributed by atoms with Crippen molar-refractivity contribution in [2.45, 2.75) is 26.4 Å². The van der Waals surface area contributed by atoms with Gasteiger partial charge in [-0.15, -0.1) is 0 Å². The molecule has 116 valence electrons. The van der Waals surface area contributed by atoms with Crippen LogP contribution in [0.2, 0.25) is 10.0 Å². The fourth-order valence-corrected chi connectivity index (χ4v) is 2.72. The van der Waals surface area contributed by atoms with Gasteiger partial charge in [0.15, 0.2) is 11.5 Å². The van der Waals surface area contributed by atoms with Gasteiger partial charge in [-0.3, -0.25) is 4.40 Å². The second kappa shape index (κ2) is 6.28. The first-order chi connectivity index (χ1) is 10.7. The van der Waals surface area contributed by atoms with Gasteiger partial charge in [-0.05, 0) is 18.6 Å². The van der Waals surface area contributed by atoms with Crippen LogP contribution in [0.25, 0.3) is 16.7 Å². The minimum atomic E-state index is -0.116. The molecule has 0 bridgehead atoms. The number of aliphatic hydroxyl groups excluding tert-OH is 1. The molecule has 3 aromatic rings. The third kappa shape index (κ3) is 2.60. The van der Waals surface area contributed by atoms with Crippen molar-refractivity contribution in [3.05, 3.63) is 34.1 Å². The van der Waals surface area contributed by atoms with Crippen LogP contribution in [0.1, 0.15) is 25.5 Å². The van der Waals surface area contributed by atoms with E-state index in [9.17, 15) is 5.11 Å². The second-order valence-corrected chi connectivity index (χ2v) is 5.88.